The smallest absolute Gasteiger partial charge is 0.336 e. The Bertz CT molecular complexity index is 4440. The molecule has 0 radical (unpaired) electrons. The molecule has 27 nitrogen and oxygen atoms in total. The molecule has 32 heteroatoms. The number of amides is 2. The van der Waals surface area contributed by atoms with Gasteiger partial charge in [-0.1, -0.05) is 114 Å². The van der Waals surface area contributed by atoms with Gasteiger partial charge in [0.2, 0.25) is 11.8 Å². The van der Waals surface area contributed by atoms with Crippen LogP contribution in [0.5, 0.6) is 28.7 Å². The fourth-order valence-electron chi connectivity index (χ4n) is 12.3. The summed E-state index contributed by atoms with van der Waals surface area (Å²) in [7, 11) is 4.42. The Balaban J connectivity index is 0.000000235. The maximum absolute atomic E-state index is 13.4. The van der Waals surface area contributed by atoms with E-state index in [-0.39, 0.29) is 86.1 Å². The summed E-state index contributed by atoms with van der Waals surface area (Å²) in [5, 5.41) is 36.5. The lowest BCUT2D eigenvalue weighted by Gasteiger charge is -2.35. The molecule has 8 aromatic rings. The molecule has 123 heavy (non-hydrogen) atoms. The van der Waals surface area contributed by atoms with E-state index in [1.807, 2.05) is 104 Å². The van der Waals surface area contributed by atoms with Crippen molar-refractivity contribution in [1.82, 2.24) is 19.8 Å². The number of aliphatic hydroxyl groups excluding tert-OH is 2. The van der Waals surface area contributed by atoms with Crippen LogP contribution in [0.2, 0.25) is 10.3 Å². The number of rotatable bonds is 35. The summed E-state index contributed by atoms with van der Waals surface area (Å²) in [6, 6.07) is 49.9. The van der Waals surface area contributed by atoms with Crippen LogP contribution in [0.25, 0.3) is 0 Å². The highest BCUT2D eigenvalue weighted by molar-refractivity contribution is 7.86. The van der Waals surface area contributed by atoms with Crippen LogP contribution in [0.15, 0.2) is 210 Å². The van der Waals surface area contributed by atoms with Gasteiger partial charge in [-0.15, -0.1) is 23.2 Å². The minimum Gasteiger partial charge on any atom is -0.508 e. The Hall–Kier alpha value is -9.31. The van der Waals surface area contributed by atoms with Gasteiger partial charge in [0.05, 0.1) is 94.2 Å². The molecule has 0 unspecified atom stereocenters. The average Bonchev–Trinajstić information content (AvgIpc) is 1.51. The molecule has 2 fully saturated rings. The molecule has 4 aliphatic heterocycles. The molecule has 4 atom stereocenters. The third kappa shape index (κ3) is 36.8. The van der Waals surface area contributed by atoms with E-state index >= 15 is 0 Å². The molecule has 2 amide bonds. The third-order valence-electron chi connectivity index (χ3n) is 19.0. The summed E-state index contributed by atoms with van der Waals surface area (Å²) in [5.41, 5.74) is 8.91. The van der Waals surface area contributed by atoms with Gasteiger partial charge in [0.15, 0.2) is 0 Å². The quantitative estimate of drug-likeness (QED) is 0.00942. The number of aliphatic hydroxyl groups is 2. The number of ether oxygens (including phenoxy) is 12. The van der Waals surface area contributed by atoms with Gasteiger partial charge in [0.25, 0.3) is 10.1 Å². The second kappa shape index (κ2) is 57.3. The molecule has 0 saturated carbocycles. The minimum absolute atomic E-state index is 0.0207. The Morgan fingerprint density at radius 3 is 1.17 bits per heavy atom. The number of allylic oxidation sites excluding steroid dienone is 2. The number of methoxy groups -OCH3 is 5. The van der Waals surface area contributed by atoms with Crippen molar-refractivity contribution in [3.63, 3.8) is 0 Å². The van der Waals surface area contributed by atoms with Crippen LogP contribution in [-0.2, 0) is 103 Å². The monoisotopic (exact) mass is 1800 g/mol. The maximum atomic E-state index is 13.4. The number of aryl methyl sites for hydroxylation is 1. The number of carboxylic acids is 1. The first-order valence-corrected chi connectivity index (χ1v) is 42.9. The Labute approximate surface area is 740 Å². The fraction of sp³-hybridized carbons (Fsp3) is 0.407. The molecule has 4 N–H and O–H groups in total. The van der Waals surface area contributed by atoms with Crippen molar-refractivity contribution in [3.8, 4) is 28.7 Å². The summed E-state index contributed by atoms with van der Waals surface area (Å²) in [6.45, 7) is 12.6. The Morgan fingerprint density at radius 2 is 0.829 bits per heavy atom. The number of nitrogens with zero attached hydrogens (tertiary/aromatic N) is 4. The average molecular weight is 1800 g/mol. The van der Waals surface area contributed by atoms with E-state index in [0.29, 0.717) is 130 Å². The van der Waals surface area contributed by atoms with Crippen LogP contribution in [0.3, 0.4) is 0 Å². The highest BCUT2D eigenvalue weighted by Gasteiger charge is 2.40. The number of aromatic nitrogens is 2. The third-order valence-corrected chi connectivity index (χ3v) is 21.3. The van der Waals surface area contributed by atoms with Crippen LogP contribution in [0, 0.1) is 6.92 Å². The summed E-state index contributed by atoms with van der Waals surface area (Å²) in [6.07, 6.45) is 7.08. The summed E-state index contributed by atoms with van der Waals surface area (Å²) >= 11 is 23.1. The minimum atomic E-state index is -3.63. The number of carboxylic acid groups (broad SMARTS) is 1. The number of aromatic hydroxyl groups is 1. The van der Waals surface area contributed by atoms with Crippen molar-refractivity contribution in [1.29, 1.82) is 0 Å². The SMILES string of the molecule is CC1=C(C(=O)O)[C@H](c2ccc(Cl)nc2)CC(=O)N1C[C@H]1CCCO1.COCCOS(=O)(=O)c1ccc(C)cc1.COCCOc1ccc(CCl)cc1.COCCOc1ccc(CCl)cc1.COCCOc1ccc(CO)cc1.COCCOc1ccc(COC(=O)C2=C(C)N(C[C@H]3CCCO3)C(=O)C[C@H]2c2ccc(Cl)nc2)cc1.OCc1ccc(O)cc1. The van der Waals surface area contributed by atoms with Gasteiger partial charge in [-0.3, -0.25) is 13.8 Å². The van der Waals surface area contributed by atoms with Gasteiger partial charge in [-0.25, -0.2) is 19.6 Å². The second-order valence-corrected chi connectivity index (χ2v) is 30.7. The molecule has 0 spiro atoms. The van der Waals surface area contributed by atoms with Gasteiger partial charge < -0.3 is 87.1 Å². The van der Waals surface area contributed by atoms with E-state index < -0.39 is 33.9 Å². The van der Waals surface area contributed by atoms with E-state index in [2.05, 4.69) is 9.97 Å². The van der Waals surface area contributed by atoms with Crippen LogP contribution in [-0.4, -0.2) is 212 Å². The lowest BCUT2D eigenvalue weighted by molar-refractivity contribution is -0.142. The summed E-state index contributed by atoms with van der Waals surface area (Å²) in [5.74, 6) is 1.93. The van der Waals surface area contributed by atoms with Gasteiger partial charge in [0.1, 0.15) is 72.1 Å². The Morgan fingerprint density at radius 1 is 0.472 bits per heavy atom. The van der Waals surface area contributed by atoms with Crippen molar-refractivity contribution < 1.29 is 109 Å². The van der Waals surface area contributed by atoms with Crippen LogP contribution >= 0.6 is 46.4 Å². The molecule has 6 heterocycles. The molecule has 668 valence electrons. The van der Waals surface area contributed by atoms with E-state index in [1.54, 1.807) is 119 Å². The largest absolute Gasteiger partial charge is 0.508 e. The fourth-order valence-corrected chi connectivity index (χ4v) is 13.7. The molecule has 0 aliphatic carbocycles. The van der Waals surface area contributed by atoms with Crippen LogP contribution < -0.4 is 18.9 Å². The van der Waals surface area contributed by atoms with Gasteiger partial charge in [-0.2, -0.15) is 8.42 Å². The highest BCUT2D eigenvalue weighted by atomic mass is 35.5. The standard InChI is InChI=1S/C27H31ClN2O6.C17H19ClN2O4.2C10H13ClO2.C10H14O4S.C10H14O3.C7H8O2/c1-18-26(27(32)36-17-19-5-8-21(9-6-19)35-13-12-33-2)23(20-7-10-24(28)29-15-20)14-25(31)30(18)16-22-4-3-11-34-22;1-10-16(17(22)23)13(11-4-5-14(18)19-8-11)7-15(21)20(10)9-12-3-2-6-24-12;2*1-12-6-7-13-10-4-2-9(8-11)3-5-10;1-9-3-5-10(6-4-9)15(11,12)14-8-7-13-2;1-12-6-7-13-10-4-2-9(8-11)3-5-10;8-5-6-1-3-7(9)4-2-6/h5-10,15,22-23H,3-4,11-14,16-17H2,1-2H3;4-5,8,12-13H,2-3,6-7,9H2,1H3,(H,22,23);2*2-5H,6-8H2,1H3;3-6H,7-8H2,1-2H3;2-5,11H,6-8H2,1H3;1-4,8-9H,5H2/t22-,23+;12-,13+;;;;;/m11...../s1. The molecular formula is C91H112Cl4N4O23S. The van der Waals surface area contributed by atoms with E-state index in [0.717, 1.165) is 81.9 Å². The van der Waals surface area contributed by atoms with E-state index in [4.69, 9.17) is 123 Å². The van der Waals surface area contributed by atoms with Gasteiger partial charge in [0, 0.05) is 109 Å². The molecule has 2 aromatic heterocycles. The number of alkyl halides is 2. The number of aliphatic carboxylic acids is 1. The predicted molar refractivity (Wildman–Crippen MR) is 468 cm³/mol. The first-order chi connectivity index (χ1) is 59.4. The lowest BCUT2D eigenvalue weighted by atomic mass is 9.84. The Kier molecular flexibility index (Phi) is 47.7. The van der Waals surface area contributed by atoms with Crippen molar-refractivity contribution >= 4 is 80.3 Å². The van der Waals surface area contributed by atoms with Gasteiger partial charge >= 0.3 is 11.9 Å². The number of pyridine rings is 2. The molecule has 12 rings (SSSR count). The van der Waals surface area contributed by atoms with Crippen LogP contribution in [0.4, 0.5) is 0 Å². The van der Waals surface area contributed by atoms with Gasteiger partial charge in [-0.05, 0) is 170 Å². The van der Waals surface area contributed by atoms with Crippen molar-refractivity contribution in [2.24, 2.45) is 0 Å². The van der Waals surface area contributed by atoms with Crippen LogP contribution in [0.1, 0.15) is 109 Å². The zero-order valence-electron chi connectivity index (χ0n) is 70.6. The number of halogens is 4. The van der Waals surface area contributed by atoms with Crippen molar-refractivity contribution in [2.75, 3.05) is 128 Å². The number of phenolic OH excluding ortho intramolecular Hbond substituents is 1. The maximum Gasteiger partial charge on any atom is 0.336 e. The normalized spacial score (nSPS) is 16.0. The topological polar surface area (TPSA) is 336 Å². The number of carbonyl (C=O) groups is 4. The van der Waals surface area contributed by atoms with Crippen molar-refractivity contribution in [2.45, 2.75) is 120 Å². The number of hydrogen-bond donors (Lipinski definition) is 4. The molecule has 2 saturated heterocycles. The molecular weight excluding hydrogens is 1690 g/mol. The molecule has 6 aromatic carbocycles. The second-order valence-electron chi connectivity index (χ2n) is 27.8. The zero-order chi connectivity index (χ0) is 89.3. The molecule has 0 bridgehead atoms. The number of carbonyl (C=O) groups excluding carboxylic acids is 3. The van der Waals surface area contributed by atoms with E-state index in [9.17, 15) is 32.7 Å². The first kappa shape index (κ1) is 102. The highest BCUT2D eigenvalue weighted by Crippen LogP contribution is 2.40. The first-order valence-electron chi connectivity index (χ1n) is 39.7. The van der Waals surface area contributed by atoms with E-state index in [1.165, 1.54) is 25.4 Å². The number of phenols is 1. The lowest BCUT2D eigenvalue weighted by Crippen LogP contribution is -2.42. The summed E-state index contributed by atoms with van der Waals surface area (Å²) < 4.78 is 90.8. The number of benzene rings is 6. The number of hydrogen-bond acceptors (Lipinski definition) is 24. The number of esters is 1. The predicted octanol–water partition coefficient (Wildman–Crippen LogP) is 15.2. The van der Waals surface area contributed by atoms with Crippen molar-refractivity contribution in [3.05, 3.63) is 260 Å². The molecule has 4 aliphatic rings. The zero-order valence-corrected chi connectivity index (χ0v) is 74.4. The summed E-state index contributed by atoms with van der Waals surface area (Å²) in [4.78, 5) is 62.6.